The van der Waals surface area contributed by atoms with Crippen LogP contribution in [0, 0.1) is 0 Å². The van der Waals surface area contributed by atoms with E-state index in [0.717, 1.165) is 16.8 Å². The highest BCUT2D eigenvalue weighted by molar-refractivity contribution is 5.99. The molecule has 1 heterocycles. The Hall–Kier alpha value is -3.80. The summed E-state index contributed by atoms with van der Waals surface area (Å²) in [6.45, 7) is 8.65. The van der Waals surface area contributed by atoms with E-state index >= 15 is 0 Å². The lowest BCUT2D eigenvalue weighted by molar-refractivity contribution is -0.140. The highest BCUT2D eigenvalue weighted by atomic mass is 16.5. The third-order valence-electron chi connectivity index (χ3n) is 6.44. The second-order valence-electron chi connectivity index (χ2n) is 9.25. The molecule has 3 aromatic carbocycles. The van der Waals surface area contributed by atoms with Crippen molar-refractivity contribution in [1.29, 1.82) is 0 Å². The van der Waals surface area contributed by atoms with Gasteiger partial charge in [-0.2, -0.15) is 0 Å². The third kappa shape index (κ3) is 5.65. The van der Waals surface area contributed by atoms with Crippen LogP contribution in [0.1, 0.15) is 62.8 Å². The van der Waals surface area contributed by atoms with Crippen LogP contribution in [0.3, 0.4) is 0 Å². The van der Waals surface area contributed by atoms with Crippen molar-refractivity contribution in [1.82, 2.24) is 4.90 Å². The zero-order chi connectivity index (χ0) is 24.9. The maximum Gasteiger partial charge on any atom is 0.323 e. The number of rotatable bonds is 6. The molecular weight excluding hydrogens is 438 g/mol. The first-order valence-electron chi connectivity index (χ1n) is 12.2. The minimum Gasteiger partial charge on any atom is -0.480 e. The number of amides is 3. The lowest BCUT2D eigenvalue weighted by atomic mass is 10.0. The molecule has 6 nitrogen and oxygen atoms in total. The average molecular weight is 472 g/mol. The molecule has 0 unspecified atom stereocenters. The molecule has 0 fully saturated rings. The first-order valence-corrected chi connectivity index (χ1v) is 12.2. The normalized spacial score (nSPS) is 16.2. The lowest BCUT2D eigenvalue weighted by Gasteiger charge is -2.30. The van der Waals surface area contributed by atoms with Crippen molar-refractivity contribution in [2.75, 3.05) is 10.6 Å². The molecular formula is C29H33N3O3. The maximum atomic E-state index is 13.3. The topological polar surface area (TPSA) is 70.7 Å². The lowest BCUT2D eigenvalue weighted by Crippen LogP contribution is -2.40. The van der Waals surface area contributed by atoms with Crippen molar-refractivity contribution >= 4 is 23.3 Å². The number of nitrogens with one attached hydrogen (secondary N) is 2. The number of ether oxygens (including phenoxy) is 1. The minimum absolute atomic E-state index is 0.0304. The number of urea groups is 1. The summed E-state index contributed by atoms with van der Waals surface area (Å²) in [5.41, 5.74) is 4.51. The smallest absolute Gasteiger partial charge is 0.323 e. The summed E-state index contributed by atoms with van der Waals surface area (Å²) in [5, 5.41) is 5.78. The molecule has 4 rings (SSSR count). The van der Waals surface area contributed by atoms with Crippen molar-refractivity contribution in [3.63, 3.8) is 0 Å². The predicted molar refractivity (Wildman–Crippen MR) is 140 cm³/mol. The van der Waals surface area contributed by atoms with Gasteiger partial charge in [-0.25, -0.2) is 4.79 Å². The van der Waals surface area contributed by atoms with Gasteiger partial charge in [0, 0.05) is 16.9 Å². The summed E-state index contributed by atoms with van der Waals surface area (Å²) >= 11 is 0. The standard InChI is InChI=1S/C29H33N3O3/c1-5-26-28(33)32(20(4)22-9-7-6-8-10-22)18-23-17-25(15-16-27(23)35-26)31-29(34)30-24-13-11-21(12-14-24)19(2)3/h6-17,19-20,26H,5,18H2,1-4H3,(H2,30,31,34)/t20-,26+/m1/s1. The Morgan fingerprint density at radius 3 is 2.26 bits per heavy atom. The van der Waals surface area contributed by atoms with E-state index in [1.807, 2.05) is 85.5 Å². The third-order valence-corrected chi connectivity index (χ3v) is 6.44. The Balaban J connectivity index is 1.52. The fourth-order valence-electron chi connectivity index (χ4n) is 4.29. The molecule has 182 valence electrons. The summed E-state index contributed by atoms with van der Waals surface area (Å²) < 4.78 is 6.10. The molecule has 1 aliphatic heterocycles. The van der Waals surface area contributed by atoms with Crippen LogP contribution in [0.2, 0.25) is 0 Å². The largest absolute Gasteiger partial charge is 0.480 e. The van der Waals surface area contributed by atoms with Gasteiger partial charge < -0.3 is 20.3 Å². The van der Waals surface area contributed by atoms with Crippen LogP contribution >= 0.6 is 0 Å². The monoisotopic (exact) mass is 471 g/mol. The van der Waals surface area contributed by atoms with Gasteiger partial charge in [-0.05, 0) is 60.7 Å². The van der Waals surface area contributed by atoms with E-state index in [9.17, 15) is 9.59 Å². The summed E-state index contributed by atoms with van der Waals surface area (Å²) in [5.74, 6) is 1.07. The van der Waals surface area contributed by atoms with E-state index in [2.05, 4.69) is 24.5 Å². The van der Waals surface area contributed by atoms with Crippen LogP contribution < -0.4 is 15.4 Å². The second-order valence-corrected chi connectivity index (χ2v) is 9.25. The van der Waals surface area contributed by atoms with Gasteiger partial charge in [0.15, 0.2) is 6.10 Å². The molecule has 0 aromatic heterocycles. The molecule has 6 heteroatoms. The molecule has 0 saturated heterocycles. The highest BCUT2D eigenvalue weighted by Gasteiger charge is 2.33. The highest BCUT2D eigenvalue weighted by Crippen LogP contribution is 2.33. The molecule has 3 amide bonds. The van der Waals surface area contributed by atoms with Crippen LogP contribution in [0.5, 0.6) is 5.75 Å². The van der Waals surface area contributed by atoms with Gasteiger partial charge in [0.05, 0.1) is 12.6 Å². The molecule has 0 bridgehead atoms. The van der Waals surface area contributed by atoms with Crippen LogP contribution in [0.25, 0.3) is 0 Å². The van der Waals surface area contributed by atoms with Crippen molar-refractivity contribution in [2.45, 2.75) is 58.7 Å². The van der Waals surface area contributed by atoms with Gasteiger partial charge in [-0.15, -0.1) is 0 Å². The number of hydrogen-bond acceptors (Lipinski definition) is 3. The van der Waals surface area contributed by atoms with Gasteiger partial charge in [0.1, 0.15) is 5.75 Å². The minimum atomic E-state index is -0.543. The van der Waals surface area contributed by atoms with Gasteiger partial charge in [-0.3, -0.25) is 4.79 Å². The number of anilines is 2. The van der Waals surface area contributed by atoms with Crippen molar-refractivity contribution in [3.8, 4) is 5.75 Å². The molecule has 0 radical (unpaired) electrons. The van der Waals surface area contributed by atoms with Gasteiger partial charge >= 0.3 is 6.03 Å². The summed E-state index contributed by atoms with van der Waals surface area (Å²) in [4.78, 5) is 27.8. The van der Waals surface area contributed by atoms with E-state index in [-0.39, 0.29) is 18.0 Å². The predicted octanol–water partition coefficient (Wildman–Crippen LogP) is 6.71. The van der Waals surface area contributed by atoms with E-state index < -0.39 is 6.10 Å². The fraction of sp³-hybridized carbons (Fsp3) is 0.310. The molecule has 3 aromatic rings. The number of fused-ring (bicyclic) bond motifs is 1. The molecule has 0 saturated carbocycles. The van der Waals surface area contributed by atoms with E-state index in [1.54, 1.807) is 6.07 Å². The molecule has 35 heavy (non-hydrogen) atoms. The van der Waals surface area contributed by atoms with E-state index in [0.29, 0.717) is 30.3 Å². The molecule has 1 aliphatic rings. The number of benzene rings is 3. The Morgan fingerprint density at radius 2 is 1.60 bits per heavy atom. The number of carbonyl (C=O) groups is 2. The van der Waals surface area contributed by atoms with E-state index in [4.69, 9.17) is 4.74 Å². The molecule has 0 spiro atoms. The second kappa shape index (κ2) is 10.6. The van der Waals surface area contributed by atoms with Crippen molar-refractivity contribution in [3.05, 3.63) is 89.5 Å². The maximum absolute atomic E-state index is 13.3. The average Bonchev–Trinajstić information content (AvgIpc) is 3.00. The summed E-state index contributed by atoms with van der Waals surface area (Å²) in [6.07, 6.45) is 0.0345. The summed E-state index contributed by atoms with van der Waals surface area (Å²) in [6, 6.07) is 22.9. The van der Waals surface area contributed by atoms with Gasteiger partial charge in [0.25, 0.3) is 5.91 Å². The Kier molecular flexibility index (Phi) is 7.39. The zero-order valence-electron chi connectivity index (χ0n) is 20.7. The first kappa shape index (κ1) is 24.3. The zero-order valence-corrected chi connectivity index (χ0v) is 20.7. The van der Waals surface area contributed by atoms with Crippen LogP contribution in [-0.4, -0.2) is 22.9 Å². The fourth-order valence-corrected chi connectivity index (χ4v) is 4.29. The van der Waals surface area contributed by atoms with E-state index in [1.165, 1.54) is 5.56 Å². The van der Waals surface area contributed by atoms with Gasteiger partial charge in [-0.1, -0.05) is 63.2 Å². The number of hydrogen-bond donors (Lipinski definition) is 2. The van der Waals surface area contributed by atoms with Gasteiger partial charge in [0.2, 0.25) is 0 Å². The summed E-state index contributed by atoms with van der Waals surface area (Å²) in [7, 11) is 0. The quantitative estimate of drug-likeness (QED) is 0.419. The Labute approximate surface area is 207 Å². The first-order chi connectivity index (χ1) is 16.9. The molecule has 0 aliphatic carbocycles. The Morgan fingerprint density at radius 1 is 0.943 bits per heavy atom. The van der Waals surface area contributed by atoms with Crippen molar-refractivity contribution in [2.24, 2.45) is 0 Å². The van der Waals surface area contributed by atoms with Crippen molar-refractivity contribution < 1.29 is 14.3 Å². The molecule has 2 atom stereocenters. The number of carbonyl (C=O) groups excluding carboxylic acids is 2. The number of nitrogens with zero attached hydrogens (tertiary/aromatic N) is 1. The van der Waals surface area contributed by atoms with Crippen LogP contribution in [-0.2, 0) is 11.3 Å². The van der Waals surface area contributed by atoms with Crippen LogP contribution in [0.4, 0.5) is 16.2 Å². The Bertz CT molecular complexity index is 1180. The SMILES string of the molecule is CC[C@@H]1Oc2ccc(NC(=O)Nc3ccc(C(C)C)cc3)cc2CN([C@H](C)c2ccccc2)C1=O. The van der Waals surface area contributed by atoms with Crippen LogP contribution in [0.15, 0.2) is 72.8 Å². The molecule has 2 N–H and O–H groups in total.